The zero-order chi connectivity index (χ0) is 12.4. The molecular weight excluding hydrogens is 224 g/mol. The fourth-order valence-corrected chi connectivity index (χ4v) is 1.81. The zero-order valence-corrected chi connectivity index (χ0v) is 8.89. The van der Waals surface area contributed by atoms with Gasteiger partial charge in [-0.2, -0.15) is 5.26 Å². The molecule has 3 N–H and O–H groups in total. The van der Waals surface area contributed by atoms with E-state index < -0.39 is 24.4 Å². The van der Waals surface area contributed by atoms with E-state index in [0.717, 1.165) is 0 Å². The molecule has 1 aromatic rings. The lowest BCUT2D eigenvalue weighted by atomic mass is 10.0. The van der Waals surface area contributed by atoms with E-state index in [0.29, 0.717) is 5.56 Å². The monoisotopic (exact) mass is 236 g/mol. The fraction of sp³-hybridized carbons (Fsp3) is 0.455. The smallest absolute Gasteiger partial charge is 0.140 e. The van der Waals surface area contributed by atoms with Crippen LogP contribution in [-0.4, -0.2) is 45.2 Å². The molecule has 0 saturated carbocycles. The van der Waals surface area contributed by atoms with Gasteiger partial charge in [-0.25, -0.2) is 4.98 Å². The summed E-state index contributed by atoms with van der Waals surface area (Å²) < 4.78 is 5.32. The Morgan fingerprint density at radius 2 is 2.12 bits per heavy atom. The summed E-state index contributed by atoms with van der Waals surface area (Å²) in [5, 5.41) is 36.9. The van der Waals surface area contributed by atoms with Crippen LogP contribution in [0, 0.1) is 11.3 Å². The largest absolute Gasteiger partial charge is 0.394 e. The SMILES string of the molecule is N#Cc1ccc([C@@H]2O[C@H](CO)[C@@H](O)[C@H]2O)cn1. The third-order valence-corrected chi connectivity index (χ3v) is 2.77. The molecule has 0 aromatic carbocycles. The van der Waals surface area contributed by atoms with E-state index in [-0.39, 0.29) is 12.3 Å². The van der Waals surface area contributed by atoms with Crippen LogP contribution in [0.1, 0.15) is 17.4 Å². The van der Waals surface area contributed by atoms with E-state index in [1.807, 2.05) is 6.07 Å². The highest BCUT2D eigenvalue weighted by molar-refractivity contribution is 5.25. The number of rotatable bonds is 2. The number of hydrogen-bond donors (Lipinski definition) is 3. The molecule has 2 rings (SSSR count). The summed E-state index contributed by atoms with van der Waals surface area (Å²) in [5.41, 5.74) is 0.826. The molecule has 1 saturated heterocycles. The van der Waals surface area contributed by atoms with Gasteiger partial charge in [0.2, 0.25) is 0 Å². The number of nitrogens with zero attached hydrogens (tertiary/aromatic N) is 2. The standard InChI is InChI=1S/C11H12N2O4/c12-3-7-2-1-6(4-13-7)11-10(16)9(15)8(5-14)17-11/h1-2,4,8-11,14-16H,5H2/t8-,9-,10-,11+/m1/s1. The van der Waals surface area contributed by atoms with Crippen LogP contribution in [0.5, 0.6) is 0 Å². The maximum Gasteiger partial charge on any atom is 0.140 e. The Labute approximate surface area is 97.7 Å². The first kappa shape index (κ1) is 12.0. The van der Waals surface area contributed by atoms with Crippen molar-refractivity contribution < 1.29 is 20.1 Å². The summed E-state index contributed by atoms with van der Waals surface area (Å²) in [6, 6.07) is 4.99. The first-order valence-corrected chi connectivity index (χ1v) is 5.16. The van der Waals surface area contributed by atoms with Gasteiger partial charge in [-0.15, -0.1) is 0 Å². The van der Waals surface area contributed by atoms with E-state index in [1.54, 1.807) is 6.07 Å². The normalized spacial score (nSPS) is 32.4. The minimum Gasteiger partial charge on any atom is -0.394 e. The van der Waals surface area contributed by atoms with Crippen LogP contribution in [0.2, 0.25) is 0 Å². The third-order valence-electron chi connectivity index (χ3n) is 2.77. The van der Waals surface area contributed by atoms with E-state index >= 15 is 0 Å². The van der Waals surface area contributed by atoms with Gasteiger partial charge in [0.05, 0.1) is 6.61 Å². The maximum absolute atomic E-state index is 9.76. The van der Waals surface area contributed by atoms with Gasteiger partial charge in [-0.3, -0.25) is 0 Å². The second-order valence-corrected chi connectivity index (χ2v) is 3.85. The van der Waals surface area contributed by atoms with Crippen molar-refractivity contribution >= 4 is 0 Å². The minimum absolute atomic E-state index is 0.264. The van der Waals surface area contributed by atoms with Gasteiger partial charge >= 0.3 is 0 Å². The molecular formula is C11H12N2O4. The number of aliphatic hydroxyl groups is 3. The lowest BCUT2D eigenvalue weighted by Crippen LogP contribution is -2.32. The van der Waals surface area contributed by atoms with Crippen molar-refractivity contribution in [2.24, 2.45) is 0 Å². The predicted octanol–water partition coefficient (Wildman–Crippen LogP) is -0.893. The fourth-order valence-electron chi connectivity index (χ4n) is 1.81. The highest BCUT2D eigenvalue weighted by Crippen LogP contribution is 2.32. The lowest BCUT2D eigenvalue weighted by Gasteiger charge is -2.14. The van der Waals surface area contributed by atoms with Crippen LogP contribution >= 0.6 is 0 Å². The van der Waals surface area contributed by atoms with Crippen LogP contribution in [0.4, 0.5) is 0 Å². The second-order valence-electron chi connectivity index (χ2n) is 3.85. The predicted molar refractivity (Wildman–Crippen MR) is 55.7 cm³/mol. The van der Waals surface area contributed by atoms with Crippen LogP contribution < -0.4 is 0 Å². The van der Waals surface area contributed by atoms with Gasteiger partial charge in [-0.05, 0) is 6.07 Å². The average molecular weight is 236 g/mol. The van der Waals surface area contributed by atoms with Gasteiger partial charge in [0, 0.05) is 11.8 Å². The van der Waals surface area contributed by atoms with E-state index in [1.165, 1.54) is 12.3 Å². The molecule has 1 aliphatic rings. The summed E-state index contributed by atoms with van der Waals surface area (Å²) in [6.07, 6.45) is -2.35. The topological polar surface area (TPSA) is 107 Å². The molecule has 0 unspecified atom stereocenters. The Hall–Kier alpha value is -1.52. The Kier molecular flexibility index (Phi) is 3.36. The van der Waals surface area contributed by atoms with Crippen molar-refractivity contribution in [3.05, 3.63) is 29.6 Å². The summed E-state index contributed by atoms with van der Waals surface area (Å²) in [6.45, 7) is -0.363. The van der Waals surface area contributed by atoms with Crippen LogP contribution in [0.3, 0.4) is 0 Å². The number of pyridine rings is 1. The molecule has 1 aromatic heterocycles. The molecule has 17 heavy (non-hydrogen) atoms. The minimum atomic E-state index is -1.12. The maximum atomic E-state index is 9.76. The Balaban J connectivity index is 2.20. The Morgan fingerprint density at radius 1 is 1.35 bits per heavy atom. The van der Waals surface area contributed by atoms with E-state index in [9.17, 15) is 10.2 Å². The first-order valence-electron chi connectivity index (χ1n) is 5.16. The van der Waals surface area contributed by atoms with E-state index in [4.69, 9.17) is 15.1 Å². The lowest BCUT2D eigenvalue weighted by molar-refractivity contribution is -0.0228. The quantitative estimate of drug-likeness (QED) is 0.614. The van der Waals surface area contributed by atoms with Crippen molar-refractivity contribution in [1.82, 2.24) is 4.98 Å². The Bertz CT molecular complexity index is 428. The first-order chi connectivity index (χ1) is 8.17. The molecule has 1 aliphatic heterocycles. The van der Waals surface area contributed by atoms with E-state index in [2.05, 4.69) is 4.98 Å². The highest BCUT2D eigenvalue weighted by Gasteiger charge is 2.43. The molecule has 90 valence electrons. The van der Waals surface area contributed by atoms with Gasteiger partial charge in [0.15, 0.2) is 0 Å². The molecule has 0 aliphatic carbocycles. The number of ether oxygens (including phenoxy) is 1. The van der Waals surface area contributed by atoms with Crippen molar-refractivity contribution in [2.75, 3.05) is 6.61 Å². The van der Waals surface area contributed by atoms with Crippen LogP contribution in [0.15, 0.2) is 18.3 Å². The third kappa shape index (κ3) is 2.14. The van der Waals surface area contributed by atoms with Gasteiger partial charge < -0.3 is 20.1 Å². The molecule has 0 spiro atoms. The van der Waals surface area contributed by atoms with Crippen LogP contribution in [0.25, 0.3) is 0 Å². The average Bonchev–Trinajstić information content (AvgIpc) is 2.66. The van der Waals surface area contributed by atoms with Crippen molar-refractivity contribution in [3.63, 3.8) is 0 Å². The highest BCUT2D eigenvalue weighted by atomic mass is 16.6. The van der Waals surface area contributed by atoms with Gasteiger partial charge in [0.25, 0.3) is 0 Å². The number of hydrogen-bond acceptors (Lipinski definition) is 6. The zero-order valence-electron chi connectivity index (χ0n) is 8.89. The summed E-state index contributed by atoms with van der Waals surface area (Å²) in [4.78, 5) is 3.86. The Morgan fingerprint density at radius 3 is 2.59 bits per heavy atom. The molecule has 0 radical (unpaired) electrons. The summed E-state index contributed by atoms with van der Waals surface area (Å²) in [5.74, 6) is 0. The van der Waals surface area contributed by atoms with Crippen LogP contribution in [-0.2, 0) is 4.74 Å². The molecule has 4 atom stereocenters. The summed E-state index contributed by atoms with van der Waals surface area (Å²) >= 11 is 0. The molecule has 0 bridgehead atoms. The molecule has 2 heterocycles. The van der Waals surface area contributed by atoms with Gasteiger partial charge in [0.1, 0.15) is 36.2 Å². The van der Waals surface area contributed by atoms with Crippen molar-refractivity contribution in [2.45, 2.75) is 24.4 Å². The second kappa shape index (κ2) is 4.77. The van der Waals surface area contributed by atoms with Crippen molar-refractivity contribution in [1.29, 1.82) is 5.26 Å². The number of aliphatic hydroxyl groups excluding tert-OH is 3. The van der Waals surface area contributed by atoms with Gasteiger partial charge in [-0.1, -0.05) is 6.07 Å². The molecule has 6 nitrogen and oxygen atoms in total. The molecule has 6 heteroatoms. The number of aromatic nitrogens is 1. The summed E-state index contributed by atoms with van der Waals surface area (Å²) in [7, 11) is 0. The number of nitriles is 1. The molecule has 0 amide bonds. The molecule has 1 fully saturated rings. The van der Waals surface area contributed by atoms with Crippen molar-refractivity contribution in [3.8, 4) is 6.07 Å².